The van der Waals surface area contributed by atoms with Crippen LogP contribution in [0.15, 0.2) is 36.4 Å². The van der Waals surface area contributed by atoms with Crippen LogP contribution in [0.1, 0.15) is 22.8 Å². The van der Waals surface area contributed by atoms with Crippen LogP contribution in [0.3, 0.4) is 0 Å². The number of benzene rings is 2. The molecule has 0 saturated heterocycles. The van der Waals surface area contributed by atoms with Gasteiger partial charge in [-0.05, 0) is 37.1 Å². The minimum Gasteiger partial charge on any atom is -0.493 e. The van der Waals surface area contributed by atoms with E-state index in [2.05, 4.69) is 0 Å². The predicted molar refractivity (Wildman–Crippen MR) is 103 cm³/mol. The number of carbonyl (C=O) groups excluding carboxylic acids is 2. The number of amides is 1. The van der Waals surface area contributed by atoms with Crippen LogP contribution >= 0.6 is 0 Å². The summed E-state index contributed by atoms with van der Waals surface area (Å²) in [6, 6.07) is 10.8. The second-order valence-electron chi connectivity index (χ2n) is 6.30. The number of anilines is 1. The smallest absolute Gasteiger partial charge is 0.342 e. The zero-order chi connectivity index (χ0) is 20.3. The number of methoxy groups -OCH3 is 3. The summed E-state index contributed by atoms with van der Waals surface area (Å²) in [6.45, 7) is 2.13. The highest BCUT2D eigenvalue weighted by Gasteiger charge is 2.31. The van der Waals surface area contributed by atoms with E-state index in [1.54, 1.807) is 17.9 Å². The molecule has 1 amide bonds. The number of rotatable bonds is 6. The van der Waals surface area contributed by atoms with Gasteiger partial charge < -0.3 is 23.8 Å². The van der Waals surface area contributed by atoms with Gasteiger partial charge in [0.1, 0.15) is 5.56 Å². The summed E-state index contributed by atoms with van der Waals surface area (Å²) in [5.41, 5.74) is 2.12. The van der Waals surface area contributed by atoms with Crippen LogP contribution in [0, 0.1) is 0 Å². The zero-order valence-electron chi connectivity index (χ0n) is 16.4. The minimum absolute atomic E-state index is 0.154. The summed E-state index contributed by atoms with van der Waals surface area (Å²) in [5.74, 6) is -0.0394. The second kappa shape index (κ2) is 8.21. The molecule has 0 aliphatic carbocycles. The fourth-order valence-corrected chi connectivity index (χ4v) is 3.32. The Hall–Kier alpha value is -3.22. The highest BCUT2D eigenvalue weighted by Crippen LogP contribution is 2.40. The molecule has 3 rings (SSSR count). The molecular weight excluding hydrogens is 362 g/mol. The Morgan fingerprint density at radius 1 is 0.964 bits per heavy atom. The standard InChI is InChI=1S/C21H23NO6/c1-13(20(23)22-12-11-14-7-5-6-8-16(14)22)28-21(24)15-9-10-17(25-2)19(27-4)18(15)26-3/h5-10,13H,11-12H2,1-4H3/t13-/m0/s1. The van der Waals surface area contributed by atoms with E-state index in [0.29, 0.717) is 12.3 Å². The topological polar surface area (TPSA) is 74.3 Å². The lowest BCUT2D eigenvalue weighted by Gasteiger charge is -2.22. The van der Waals surface area contributed by atoms with E-state index in [0.717, 1.165) is 17.7 Å². The van der Waals surface area contributed by atoms with Gasteiger partial charge in [-0.1, -0.05) is 18.2 Å². The number of carbonyl (C=O) groups is 2. The molecule has 2 aromatic carbocycles. The van der Waals surface area contributed by atoms with E-state index in [9.17, 15) is 9.59 Å². The average Bonchev–Trinajstić information content (AvgIpc) is 3.15. The first-order valence-electron chi connectivity index (χ1n) is 8.91. The average molecular weight is 385 g/mol. The van der Waals surface area contributed by atoms with Crippen LogP contribution in [0.4, 0.5) is 5.69 Å². The first-order chi connectivity index (χ1) is 13.5. The number of ether oxygens (including phenoxy) is 4. The van der Waals surface area contributed by atoms with E-state index in [4.69, 9.17) is 18.9 Å². The molecule has 0 bridgehead atoms. The highest BCUT2D eigenvalue weighted by atomic mass is 16.6. The van der Waals surface area contributed by atoms with Crippen LogP contribution in [0.2, 0.25) is 0 Å². The first-order valence-corrected chi connectivity index (χ1v) is 8.91. The summed E-state index contributed by atoms with van der Waals surface area (Å²) < 4.78 is 21.3. The minimum atomic E-state index is -0.948. The molecule has 28 heavy (non-hydrogen) atoms. The molecule has 0 aromatic heterocycles. The molecule has 1 atom stereocenters. The normalized spacial score (nSPS) is 13.5. The molecule has 2 aromatic rings. The largest absolute Gasteiger partial charge is 0.493 e. The van der Waals surface area contributed by atoms with Crippen LogP contribution in [0.25, 0.3) is 0 Å². The number of fused-ring (bicyclic) bond motifs is 1. The molecule has 0 N–H and O–H groups in total. The molecule has 1 heterocycles. The summed E-state index contributed by atoms with van der Waals surface area (Å²) in [6.07, 6.45) is -0.164. The summed E-state index contributed by atoms with van der Waals surface area (Å²) in [5, 5.41) is 0. The lowest BCUT2D eigenvalue weighted by Crippen LogP contribution is -2.39. The van der Waals surface area contributed by atoms with Crippen molar-refractivity contribution in [2.45, 2.75) is 19.4 Å². The Morgan fingerprint density at radius 3 is 2.36 bits per heavy atom. The molecule has 7 nitrogen and oxygen atoms in total. The van der Waals surface area contributed by atoms with E-state index >= 15 is 0 Å². The summed E-state index contributed by atoms with van der Waals surface area (Å²) in [4.78, 5) is 27.2. The van der Waals surface area contributed by atoms with Gasteiger partial charge in [0.15, 0.2) is 17.6 Å². The SMILES string of the molecule is COc1ccc(C(=O)O[C@@H](C)C(=O)N2CCc3ccccc32)c(OC)c1OC. The number of esters is 1. The van der Waals surface area contributed by atoms with E-state index in [1.165, 1.54) is 27.4 Å². The number of para-hydroxylation sites is 1. The number of hydrogen-bond donors (Lipinski definition) is 0. The van der Waals surface area contributed by atoms with Crippen LogP contribution in [-0.2, 0) is 16.0 Å². The molecule has 148 valence electrons. The molecule has 0 radical (unpaired) electrons. The Labute approximate surface area is 163 Å². The van der Waals surface area contributed by atoms with Gasteiger partial charge in [-0.25, -0.2) is 4.79 Å². The third kappa shape index (κ3) is 3.47. The van der Waals surface area contributed by atoms with E-state index < -0.39 is 12.1 Å². The molecule has 0 fully saturated rings. The fraction of sp³-hybridized carbons (Fsp3) is 0.333. The maximum atomic E-state index is 12.8. The molecule has 1 aliphatic rings. The molecule has 1 aliphatic heterocycles. The van der Waals surface area contributed by atoms with Crippen molar-refractivity contribution in [2.75, 3.05) is 32.8 Å². The maximum Gasteiger partial charge on any atom is 0.342 e. The van der Waals surface area contributed by atoms with Gasteiger partial charge in [0, 0.05) is 12.2 Å². The van der Waals surface area contributed by atoms with Gasteiger partial charge >= 0.3 is 5.97 Å². The van der Waals surface area contributed by atoms with Gasteiger partial charge in [0.2, 0.25) is 5.75 Å². The Morgan fingerprint density at radius 2 is 1.68 bits per heavy atom. The van der Waals surface area contributed by atoms with Crippen molar-refractivity contribution >= 4 is 17.6 Å². The first kappa shape index (κ1) is 19.5. The molecule has 0 spiro atoms. The van der Waals surface area contributed by atoms with Gasteiger partial charge in [-0.2, -0.15) is 0 Å². The molecule has 0 saturated carbocycles. The quantitative estimate of drug-likeness (QED) is 0.712. The van der Waals surface area contributed by atoms with Crippen LogP contribution in [0.5, 0.6) is 17.2 Å². The van der Waals surface area contributed by atoms with Gasteiger partial charge in [-0.15, -0.1) is 0 Å². The van der Waals surface area contributed by atoms with Gasteiger partial charge in [-0.3, -0.25) is 4.79 Å². The molecular formula is C21H23NO6. The third-order valence-corrected chi connectivity index (χ3v) is 4.71. The van der Waals surface area contributed by atoms with Crippen molar-refractivity contribution in [2.24, 2.45) is 0 Å². The maximum absolute atomic E-state index is 12.8. The van der Waals surface area contributed by atoms with Crippen molar-refractivity contribution < 1.29 is 28.5 Å². The van der Waals surface area contributed by atoms with Crippen LogP contribution in [-0.4, -0.2) is 45.9 Å². The molecule has 0 unspecified atom stereocenters. The number of nitrogens with zero attached hydrogens (tertiary/aromatic N) is 1. The lowest BCUT2D eigenvalue weighted by molar-refractivity contribution is -0.126. The fourth-order valence-electron chi connectivity index (χ4n) is 3.32. The number of hydrogen-bond acceptors (Lipinski definition) is 6. The van der Waals surface area contributed by atoms with E-state index in [-0.39, 0.29) is 23.0 Å². The van der Waals surface area contributed by atoms with Crippen molar-refractivity contribution in [3.63, 3.8) is 0 Å². The van der Waals surface area contributed by atoms with Crippen LogP contribution < -0.4 is 19.1 Å². The van der Waals surface area contributed by atoms with Crippen molar-refractivity contribution in [1.29, 1.82) is 0 Å². The monoisotopic (exact) mass is 385 g/mol. The Balaban J connectivity index is 1.79. The Kier molecular flexibility index (Phi) is 5.73. The summed E-state index contributed by atoms with van der Waals surface area (Å²) >= 11 is 0. The predicted octanol–water partition coefficient (Wildman–Crippen LogP) is 2.85. The third-order valence-electron chi connectivity index (χ3n) is 4.71. The van der Waals surface area contributed by atoms with Gasteiger partial charge in [0.25, 0.3) is 5.91 Å². The zero-order valence-corrected chi connectivity index (χ0v) is 16.4. The van der Waals surface area contributed by atoms with E-state index in [1.807, 2.05) is 24.3 Å². The lowest BCUT2D eigenvalue weighted by atomic mass is 10.1. The van der Waals surface area contributed by atoms with Crippen molar-refractivity contribution in [3.05, 3.63) is 47.5 Å². The van der Waals surface area contributed by atoms with Gasteiger partial charge in [0.05, 0.1) is 21.3 Å². The molecule has 7 heteroatoms. The summed E-state index contributed by atoms with van der Waals surface area (Å²) in [7, 11) is 4.36. The van der Waals surface area contributed by atoms with Crippen molar-refractivity contribution in [1.82, 2.24) is 0 Å². The van der Waals surface area contributed by atoms with Crippen molar-refractivity contribution in [3.8, 4) is 17.2 Å². The highest BCUT2D eigenvalue weighted by molar-refractivity contribution is 6.01. The Bertz CT molecular complexity index is 894. The second-order valence-corrected chi connectivity index (χ2v) is 6.30.